The van der Waals surface area contributed by atoms with Gasteiger partial charge in [0.25, 0.3) is 0 Å². The molecule has 42 heavy (non-hydrogen) atoms. The third-order valence-corrected chi connectivity index (χ3v) is 7.89. The Morgan fingerprint density at radius 1 is 0.667 bits per heavy atom. The molecule has 1 aliphatic heterocycles. The summed E-state index contributed by atoms with van der Waals surface area (Å²) >= 11 is 0. The maximum absolute atomic E-state index is 13.0. The summed E-state index contributed by atoms with van der Waals surface area (Å²) in [5, 5.41) is 0. The molecule has 0 aromatic rings. The zero-order valence-electron chi connectivity index (χ0n) is 27.4. The number of carbonyl (C=O) groups excluding carboxylic acids is 4. The Kier molecular flexibility index (Phi) is 13.7. The predicted octanol–water partition coefficient (Wildman–Crippen LogP) is 5.09. The lowest BCUT2D eigenvalue weighted by Crippen LogP contribution is -2.64. The summed E-state index contributed by atoms with van der Waals surface area (Å²) in [4.78, 5) is 51.3. The number of rotatable bonds is 12. The summed E-state index contributed by atoms with van der Waals surface area (Å²) in [7, 11) is 0. The molecule has 2 aliphatic rings. The Morgan fingerprint density at radius 3 is 1.62 bits per heavy atom. The molecule has 10 heteroatoms. The van der Waals surface area contributed by atoms with E-state index in [1.54, 1.807) is 55.4 Å². The molecule has 1 saturated heterocycles. The number of hydrogen-bond acceptors (Lipinski definition) is 10. The molecule has 2 fully saturated rings. The summed E-state index contributed by atoms with van der Waals surface area (Å²) in [6.07, 6.45) is -3.29. The van der Waals surface area contributed by atoms with Crippen LogP contribution in [0.5, 0.6) is 0 Å². The zero-order valence-corrected chi connectivity index (χ0v) is 27.4. The lowest BCUT2D eigenvalue weighted by Gasteiger charge is -2.47. The molecule has 8 unspecified atom stereocenters. The first-order valence-corrected chi connectivity index (χ1v) is 15.6. The Balaban J connectivity index is 2.60. The van der Waals surface area contributed by atoms with Gasteiger partial charge in [-0.05, 0) is 30.6 Å². The van der Waals surface area contributed by atoms with Gasteiger partial charge in [-0.15, -0.1) is 0 Å². The van der Waals surface area contributed by atoms with Crippen LogP contribution in [0.4, 0.5) is 0 Å². The fourth-order valence-corrected chi connectivity index (χ4v) is 5.11. The van der Waals surface area contributed by atoms with E-state index >= 15 is 0 Å². The van der Waals surface area contributed by atoms with E-state index < -0.39 is 78.3 Å². The van der Waals surface area contributed by atoms with Gasteiger partial charge in [-0.3, -0.25) is 19.2 Å². The molecule has 0 spiro atoms. The highest BCUT2D eigenvalue weighted by molar-refractivity contribution is 5.74. The van der Waals surface area contributed by atoms with Crippen molar-refractivity contribution in [1.82, 2.24) is 0 Å². The van der Waals surface area contributed by atoms with E-state index in [1.165, 1.54) is 0 Å². The smallest absolute Gasteiger partial charge is 0.308 e. The predicted molar refractivity (Wildman–Crippen MR) is 155 cm³/mol. The number of hydrogen-bond donors (Lipinski definition) is 0. The molecular weight excluding hydrogens is 544 g/mol. The fourth-order valence-electron chi connectivity index (χ4n) is 5.11. The van der Waals surface area contributed by atoms with Crippen molar-refractivity contribution >= 4 is 23.9 Å². The van der Waals surface area contributed by atoms with E-state index in [2.05, 4.69) is 20.8 Å². The molecule has 0 aromatic carbocycles. The van der Waals surface area contributed by atoms with Crippen LogP contribution in [0.3, 0.4) is 0 Å². The number of esters is 4. The molecule has 8 atom stereocenters. The van der Waals surface area contributed by atoms with Crippen molar-refractivity contribution in [3.63, 3.8) is 0 Å². The minimum atomic E-state index is -1.26. The maximum atomic E-state index is 13.0. The van der Waals surface area contributed by atoms with Crippen molar-refractivity contribution in [3.05, 3.63) is 0 Å². The third kappa shape index (κ3) is 9.93. The van der Waals surface area contributed by atoms with E-state index in [9.17, 15) is 19.2 Å². The van der Waals surface area contributed by atoms with Crippen molar-refractivity contribution in [2.24, 2.45) is 41.4 Å². The minimum absolute atomic E-state index is 0.214. The molecular formula is C32H54O10. The second kappa shape index (κ2) is 16.0. The molecule has 1 saturated carbocycles. The Labute approximate surface area is 251 Å². The Hall–Kier alpha value is -2.20. The lowest BCUT2D eigenvalue weighted by atomic mass is 9.75. The van der Waals surface area contributed by atoms with Gasteiger partial charge in [0.05, 0.1) is 29.8 Å². The maximum Gasteiger partial charge on any atom is 0.308 e. The topological polar surface area (TPSA) is 124 Å². The molecule has 0 bridgehead atoms. The summed E-state index contributed by atoms with van der Waals surface area (Å²) in [6.45, 7) is 19.7. The first-order valence-electron chi connectivity index (χ1n) is 15.6. The summed E-state index contributed by atoms with van der Waals surface area (Å²) in [5.41, 5.74) is 0. The second-order valence-corrected chi connectivity index (χ2v) is 13.5. The number of carbonyl (C=O) groups is 4. The summed E-state index contributed by atoms with van der Waals surface area (Å²) in [6, 6.07) is 0. The van der Waals surface area contributed by atoms with Crippen LogP contribution < -0.4 is 0 Å². The molecule has 1 aliphatic carbocycles. The molecule has 1 heterocycles. The van der Waals surface area contributed by atoms with Crippen LogP contribution in [0.25, 0.3) is 0 Å². The van der Waals surface area contributed by atoms with Gasteiger partial charge in [0.15, 0.2) is 24.6 Å². The van der Waals surface area contributed by atoms with Gasteiger partial charge in [0, 0.05) is 0 Å². The highest BCUT2D eigenvalue weighted by Crippen LogP contribution is 2.39. The highest BCUT2D eigenvalue weighted by Gasteiger charge is 2.54. The molecule has 0 N–H and O–H groups in total. The molecule has 10 nitrogen and oxygen atoms in total. The minimum Gasteiger partial charge on any atom is -0.463 e. The van der Waals surface area contributed by atoms with Crippen LogP contribution in [0.15, 0.2) is 0 Å². The normalized spacial score (nSPS) is 30.1. The molecule has 0 radical (unpaired) electrons. The van der Waals surface area contributed by atoms with Crippen LogP contribution in [-0.4, -0.2) is 67.3 Å². The molecule has 2 rings (SSSR count). The van der Waals surface area contributed by atoms with E-state index in [0.29, 0.717) is 11.8 Å². The van der Waals surface area contributed by atoms with Crippen LogP contribution in [0, 0.1) is 41.4 Å². The first-order chi connectivity index (χ1) is 19.5. The van der Waals surface area contributed by atoms with Crippen LogP contribution in [-0.2, 0) is 47.6 Å². The van der Waals surface area contributed by atoms with E-state index in [4.69, 9.17) is 28.4 Å². The zero-order chi connectivity index (χ0) is 31.9. The van der Waals surface area contributed by atoms with E-state index in [1.807, 2.05) is 0 Å². The highest BCUT2D eigenvalue weighted by atomic mass is 16.7. The van der Waals surface area contributed by atoms with Crippen molar-refractivity contribution in [2.45, 2.75) is 132 Å². The van der Waals surface area contributed by atoms with Gasteiger partial charge in [-0.1, -0.05) is 82.6 Å². The standard InChI is InChI=1S/C32H54O10/c1-16(2)22-13-12-21(11)14-23(22)38-32-27(42-31(36)20(9)10)26(41-30(35)19(7)8)25(40-29(34)18(5)6)24(39-32)15-37-28(33)17(3)4/h16-27,32H,12-15H2,1-11H3. The average Bonchev–Trinajstić information content (AvgIpc) is 2.89. The monoisotopic (exact) mass is 598 g/mol. The van der Waals surface area contributed by atoms with E-state index in [0.717, 1.165) is 19.3 Å². The quantitative estimate of drug-likeness (QED) is 0.222. The van der Waals surface area contributed by atoms with Gasteiger partial charge in [-0.25, -0.2) is 0 Å². The van der Waals surface area contributed by atoms with Gasteiger partial charge < -0.3 is 28.4 Å². The largest absolute Gasteiger partial charge is 0.463 e. The second-order valence-electron chi connectivity index (χ2n) is 13.5. The van der Waals surface area contributed by atoms with Gasteiger partial charge >= 0.3 is 23.9 Å². The molecule has 0 aromatic heterocycles. The van der Waals surface area contributed by atoms with Crippen LogP contribution in [0.2, 0.25) is 0 Å². The van der Waals surface area contributed by atoms with Gasteiger partial charge in [-0.2, -0.15) is 0 Å². The van der Waals surface area contributed by atoms with Gasteiger partial charge in [0.1, 0.15) is 12.7 Å². The van der Waals surface area contributed by atoms with Gasteiger partial charge in [0.2, 0.25) is 0 Å². The Bertz CT molecular complexity index is 911. The molecule has 242 valence electrons. The lowest BCUT2D eigenvalue weighted by molar-refractivity contribution is -0.325. The van der Waals surface area contributed by atoms with Crippen LogP contribution >= 0.6 is 0 Å². The van der Waals surface area contributed by atoms with Crippen molar-refractivity contribution < 1.29 is 47.6 Å². The summed E-state index contributed by atoms with van der Waals surface area (Å²) < 4.78 is 36.3. The van der Waals surface area contributed by atoms with Crippen LogP contribution in [0.1, 0.15) is 95.4 Å². The fraction of sp³-hybridized carbons (Fsp3) is 0.875. The first kappa shape index (κ1) is 36.0. The average molecular weight is 599 g/mol. The summed E-state index contributed by atoms with van der Waals surface area (Å²) in [5.74, 6) is -3.07. The van der Waals surface area contributed by atoms with Crippen molar-refractivity contribution in [3.8, 4) is 0 Å². The molecule has 0 amide bonds. The SMILES string of the molecule is CC1CCC(C(C)C)C(OC2OC(COC(=O)C(C)C)C(OC(=O)C(C)C)C(OC(=O)C(C)C)C2OC(=O)C(C)C)C1. The van der Waals surface area contributed by atoms with Crippen molar-refractivity contribution in [2.75, 3.05) is 6.61 Å². The van der Waals surface area contributed by atoms with E-state index in [-0.39, 0.29) is 18.6 Å². The van der Waals surface area contributed by atoms with Crippen molar-refractivity contribution in [1.29, 1.82) is 0 Å². The third-order valence-electron chi connectivity index (χ3n) is 7.89. The number of ether oxygens (including phenoxy) is 6. The Morgan fingerprint density at radius 2 is 1.14 bits per heavy atom.